The molecule has 3 heteroatoms. The number of anilines is 3. The van der Waals surface area contributed by atoms with E-state index in [2.05, 4.69) is 43.0 Å². The molecule has 3 nitrogen and oxygen atoms in total. The standard InChI is InChI=1S/C17H20N2O/c1-4-19(14-7-5-12(2)6-8-14)15-9-10-16(13(3)20)17(18)11-15/h5-11H,4,18H2,1-3H3. The van der Waals surface area contributed by atoms with Crippen LogP contribution in [0.15, 0.2) is 42.5 Å². The Morgan fingerprint density at radius 3 is 2.20 bits per heavy atom. The molecule has 20 heavy (non-hydrogen) atoms. The number of ketones is 1. The third-order valence-electron chi connectivity index (χ3n) is 3.39. The van der Waals surface area contributed by atoms with Gasteiger partial charge in [-0.2, -0.15) is 0 Å². The molecule has 2 rings (SSSR count). The molecule has 0 unspecified atom stereocenters. The summed E-state index contributed by atoms with van der Waals surface area (Å²) < 4.78 is 0. The van der Waals surface area contributed by atoms with E-state index in [4.69, 9.17) is 5.73 Å². The summed E-state index contributed by atoms with van der Waals surface area (Å²) in [6, 6.07) is 14.0. The van der Waals surface area contributed by atoms with Gasteiger partial charge in [0.1, 0.15) is 0 Å². The van der Waals surface area contributed by atoms with Gasteiger partial charge in [-0.15, -0.1) is 0 Å². The summed E-state index contributed by atoms with van der Waals surface area (Å²) >= 11 is 0. The summed E-state index contributed by atoms with van der Waals surface area (Å²) in [6.45, 7) is 6.53. The number of carbonyl (C=O) groups excluding carboxylic acids is 1. The van der Waals surface area contributed by atoms with E-state index < -0.39 is 0 Å². The molecule has 0 heterocycles. The van der Waals surface area contributed by atoms with Gasteiger partial charge in [0.2, 0.25) is 0 Å². The molecular formula is C17H20N2O. The fourth-order valence-electron chi connectivity index (χ4n) is 2.28. The van der Waals surface area contributed by atoms with Gasteiger partial charge >= 0.3 is 0 Å². The van der Waals surface area contributed by atoms with Crippen LogP contribution in [0, 0.1) is 6.92 Å². The average Bonchev–Trinajstić information content (AvgIpc) is 2.41. The molecule has 2 aromatic rings. The quantitative estimate of drug-likeness (QED) is 0.675. The molecule has 2 N–H and O–H groups in total. The van der Waals surface area contributed by atoms with E-state index in [0.717, 1.165) is 17.9 Å². The van der Waals surface area contributed by atoms with Crippen LogP contribution in [0.1, 0.15) is 29.8 Å². The van der Waals surface area contributed by atoms with E-state index in [1.54, 1.807) is 6.07 Å². The van der Waals surface area contributed by atoms with Crippen molar-refractivity contribution in [3.05, 3.63) is 53.6 Å². The zero-order valence-corrected chi connectivity index (χ0v) is 12.2. The van der Waals surface area contributed by atoms with E-state index in [9.17, 15) is 4.79 Å². The van der Waals surface area contributed by atoms with E-state index in [0.29, 0.717) is 11.3 Å². The molecule has 0 spiro atoms. The second-order valence-corrected chi connectivity index (χ2v) is 4.91. The largest absolute Gasteiger partial charge is 0.398 e. The third-order valence-corrected chi connectivity index (χ3v) is 3.39. The summed E-state index contributed by atoms with van der Waals surface area (Å²) in [6.07, 6.45) is 0. The van der Waals surface area contributed by atoms with Gasteiger partial charge < -0.3 is 10.6 Å². The predicted octanol–water partition coefficient (Wildman–Crippen LogP) is 3.94. The predicted molar refractivity (Wildman–Crippen MR) is 84.7 cm³/mol. The topological polar surface area (TPSA) is 46.3 Å². The number of nitrogens with two attached hydrogens (primary N) is 1. The molecular weight excluding hydrogens is 248 g/mol. The number of nitrogens with zero attached hydrogens (tertiary/aromatic N) is 1. The van der Waals surface area contributed by atoms with E-state index >= 15 is 0 Å². The van der Waals surface area contributed by atoms with Crippen LogP contribution in [-0.2, 0) is 0 Å². The maximum absolute atomic E-state index is 11.4. The first-order valence-corrected chi connectivity index (χ1v) is 6.77. The lowest BCUT2D eigenvalue weighted by Crippen LogP contribution is -2.16. The van der Waals surface area contributed by atoms with Gasteiger partial charge in [0.25, 0.3) is 0 Å². The average molecular weight is 268 g/mol. The maximum atomic E-state index is 11.4. The van der Waals surface area contributed by atoms with Crippen molar-refractivity contribution in [2.45, 2.75) is 20.8 Å². The minimum absolute atomic E-state index is 0.00701. The number of rotatable bonds is 4. The number of Topliss-reactive ketones (excluding diaryl/α,β-unsaturated/α-hetero) is 1. The SMILES string of the molecule is CCN(c1ccc(C)cc1)c1ccc(C(C)=O)c(N)c1. The van der Waals surface area contributed by atoms with Gasteiger partial charge in [-0.3, -0.25) is 4.79 Å². The summed E-state index contributed by atoms with van der Waals surface area (Å²) in [5.41, 5.74) is 10.4. The van der Waals surface area contributed by atoms with Crippen molar-refractivity contribution in [1.82, 2.24) is 0 Å². The van der Waals surface area contributed by atoms with Crippen molar-refractivity contribution in [3.8, 4) is 0 Å². The Morgan fingerprint density at radius 1 is 1.10 bits per heavy atom. The van der Waals surface area contributed by atoms with Crippen molar-refractivity contribution in [1.29, 1.82) is 0 Å². The number of nitrogen functional groups attached to an aromatic ring is 1. The lowest BCUT2D eigenvalue weighted by Gasteiger charge is -2.24. The molecule has 0 aromatic heterocycles. The van der Waals surface area contributed by atoms with Crippen molar-refractivity contribution in [3.63, 3.8) is 0 Å². The first-order valence-electron chi connectivity index (χ1n) is 6.77. The molecule has 104 valence electrons. The van der Waals surface area contributed by atoms with E-state index in [1.807, 2.05) is 12.1 Å². The highest BCUT2D eigenvalue weighted by molar-refractivity contribution is 5.99. The summed E-state index contributed by atoms with van der Waals surface area (Å²) in [7, 11) is 0. The number of benzene rings is 2. The molecule has 0 aliphatic carbocycles. The van der Waals surface area contributed by atoms with Gasteiger partial charge in [0.05, 0.1) is 0 Å². The molecule has 0 amide bonds. The lowest BCUT2D eigenvalue weighted by molar-refractivity contribution is 0.101. The van der Waals surface area contributed by atoms with Crippen LogP contribution in [0.25, 0.3) is 0 Å². The molecule has 0 saturated carbocycles. The van der Waals surface area contributed by atoms with Gasteiger partial charge in [0.15, 0.2) is 5.78 Å². The van der Waals surface area contributed by atoms with Crippen molar-refractivity contribution >= 4 is 22.8 Å². The second-order valence-electron chi connectivity index (χ2n) is 4.91. The molecule has 0 fully saturated rings. The van der Waals surface area contributed by atoms with Gasteiger partial charge in [-0.05, 0) is 51.1 Å². The molecule has 0 radical (unpaired) electrons. The number of aryl methyl sites for hydroxylation is 1. The van der Waals surface area contributed by atoms with Crippen LogP contribution in [-0.4, -0.2) is 12.3 Å². The van der Waals surface area contributed by atoms with Crippen LogP contribution in [0.2, 0.25) is 0 Å². The molecule has 0 atom stereocenters. The minimum atomic E-state index is -0.00701. The van der Waals surface area contributed by atoms with Crippen molar-refractivity contribution < 1.29 is 4.79 Å². The highest BCUT2D eigenvalue weighted by Gasteiger charge is 2.10. The van der Waals surface area contributed by atoms with E-state index in [-0.39, 0.29) is 5.78 Å². The zero-order valence-electron chi connectivity index (χ0n) is 12.2. The Balaban J connectivity index is 2.39. The first kappa shape index (κ1) is 14.1. The summed E-state index contributed by atoms with van der Waals surface area (Å²) in [4.78, 5) is 13.6. The van der Waals surface area contributed by atoms with Gasteiger partial charge in [-0.1, -0.05) is 17.7 Å². The fourth-order valence-corrected chi connectivity index (χ4v) is 2.28. The van der Waals surface area contributed by atoms with E-state index in [1.165, 1.54) is 12.5 Å². The Hall–Kier alpha value is -2.29. The molecule has 2 aromatic carbocycles. The van der Waals surface area contributed by atoms with Gasteiger partial charge in [-0.25, -0.2) is 0 Å². The Labute approximate surface area is 120 Å². The van der Waals surface area contributed by atoms with Crippen LogP contribution in [0.5, 0.6) is 0 Å². The molecule has 0 aliphatic heterocycles. The van der Waals surface area contributed by atoms with Crippen LogP contribution in [0.3, 0.4) is 0 Å². The van der Waals surface area contributed by atoms with Crippen LogP contribution < -0.4 is 10.6 Å². The van der Waals surface area contributed by atoms with Crippen LogP contribution >= 0.6 is 0 Å². The number of hydrogen-bond acceptors (Lipinski definition) is 3. The van der Waals surface area contributed by atoms with Crippen molar-refractivity contribution in [2.75, 3.05) is 17.2 Å². The molecule has 0 saturated heterocycles. The maximum Gasteiger partial charge on any atom is 0.161 e. The van der Waals surface area contributed by atoms with Crippen LogP contribution in [0.4, 0.5) is 17.1 Å². The molecule has 0 bridgehead atoms. The monoisotopic (exact) mass is 268 g/mol. The fraction of sp³-hybridized carbons (Fsp3) is 0.235. The Bertz CT molecular complexity index is 617. The second kappa shape index (κ2) is 5.78. The highest BCUT2D eigenvalue weighted by Crippen LogP contribution is 2.28. The number of hydrogen-bond donors (Lipinski definition) is 1. The summed E-state index contributed by atoms with van der Waals surface area (Å²) in [5.74, 6) is -0.00701. The Kier molecular flexibility index (Phi) is 4.08. The molecule has 0 aliphatic rings. The number of carbonyl (C=O) groups is 1. The Morgan fingerprint density at radius 2 is 1.70 bits per heavy atom. The minimum Gasteiger partial charge on any atom is -0.398 e. The first-order chi connectivity index (χ1) is 9.52. The highest BCUT2D eigenvalue weighted by atomic mass is 16.1. The van der Waals surface area contributed by atoms with Crippen molar-refractivity contribution in [2.24, 2.45) is 0 Å². The lowest BCUT2D eigenvalue weighted by atomic mass is 10.1. The summed E-state index contributed by atoms with van der Waals surface area (Å²) in [5, 5.41) is 0. The van der Waals surface area contributed by atoms with Gasteiger partial charge in [0, 0.05) is 29.2 Å². The smallest absolute Gasteiger partial charge is 0.161 e. The zero-order chi connectivity index (χ0) is 14.7. The normalized spacial score (nSPS) is 10.3. The third kappa shape index (κ3) is 2.82.